The Morgan fingerprint density at radius 2 is 1.65 bits per heavy atom. The molecule has 0 N–H and O–H groups in total. The van der Waals surface area contributed by atoms with Crippen LogP contribution >= 0.6 is 15.9 Å². The molecule has 0 radical (unpaired) electrons. The molecule has 0 amide bonds. The van der Waals surface area contributed by atoms with E-state index in [0.29, 0.717) is 10.2 Å². The number of halogens is 4. The van der Waals surface area contributed by atoms with Crippen LogP contribution < -0.4 is 9.47 Å². The Labute approximate surface area is 106 Å². The Kier molecular flexibility index (Phi) is 3.96. The van der Waals surface area contributed by atoms with E-state index >= 15 is 0 Å². The van der Waals surface area contributed by atoms with Gasteiger partial charge in [0.15, 0.2) is 0 Å². The highest BCUT2D eigenvalue weighted by atomic mass is 79.9. The minimum atomic E-state index is -4.70. The third-order valence-electron chi connectivity index (χ3n) is 1.55. The zero-order valence-corrected chi connectivity index (χ0v) is 11.1. The van der Waals surface area contributed by atoms with Gasteiger partial charge in [0.1, 0.15) is 17.1 Å². The number of benzene rings is 1. The smallest absolute Gasteiger partial charge is 0.487 e. The van der Waals surface area contributed by atoms with E-state index in [9.17, 15) is 13.2 Å². The highest BCUT2D eigenvalue weighted by Gasteiger charge is 2.31. The van der Waals surface area contributed by atoms with Crippen molar-refractivity contribution in [3.63, 3.8) is 0 Å². The number of rotatable bonds is 2. The third kappa shape index (κ3) is 5.30. The molecular formula is C11H12BrF3O2. The molecule has 0 atom stereocenters. The minimum absolute atomic E-state index is 0.305. The van der Waals surface area contributed by atoms with Gasteiger partial charge >= 0.3 is 6.36 Å². The maximum atomic E-state index is 12.0. The molecule has 0 bridgehead atoms. The largest absolute Gasteiger partial charge is 0.573 e. The summed E-state index contributed by atoms with van der Waals surface area (Å²) < 4.78 is 46.0. The van der Waals surface area contributed by atoms with Crippen molar-refractivity contribution in [2.75, 3.05) is 0 Å². The van der Waals surface area contributed by atoms with Crippen molar-refractivity contribution in [1.29, 1.82) is 0 Å². The molecular weight excluding hydrogens is 301 g/mol. The second kappa shape index (κ2) is 4.76. The lowest BCUT2D eigenvalue weighted by Gasteiger charge is -2.22. The van der Waals surface area contributed by atoms with E-state index in [0.717, 1.165) is 0 Å². The third-order valence-corrected chi connectivity index (χ3v) is 2.21. The van der Waals surface area contributed by atoms with Gasteiger partial charge in [-0.1, -0.05) is 0 Å². The summed E-state index contributed by atoms with van der Waals surface area (Å²) in [4.78, 5) is 0. The molecule has 0 spiro atoms. The molecule has 2 nitrogen and oxygen atoms in total. The van der Waals surface area contributed by atoms with E-state index in [-0.39, 0.29) is 5.75 Å². The SMILES string of the molecule is CC(C)(C)Oc1cc(OC(F)(F)F)ccc1Br. The van der Waals surface area contributed by atoms with Crippen LogP contribution in [0, 0.1) is 0 Å². The summed E-state index contributed by atoms with van der Waals surface area (Å²) in [7, 11) is 0. The van der Waals surface area contributed by atoms with E-state index in [1.807, 2.05) is 0 Å². The van der Waals surface area contributed by atoms with Crippen LogP contribution in [0.2, 0.25) is 0 Å². The molecule has 0 saturated heterocycles. The second-order valence-electron chi connectivity index (χ2n) is 4.35. The van der Waals surface area contributed by atoms with Crippen molar-refractivity contribution in [3.05, 3.63) is 22.7 Å². The lowest BCUT2D eigenvalue weighted by molar-refractivity contribution is -0.274. The molecule has 1 rings (SSSR count). The van der Waals surface area contributed by atoms with Crippen molar-refractivity contribution in [3.8, 4) is 11.5 Å². The predicted octanol–water partition coefficient (Wildman–Crippen LogP) is 4.53. The molecule has 0 aliphatic carbocycles. The molecule has 0 fully saturated rings. The average Bonchev–Trinajstić information content (AvgIpc) is 2.05. The molecule has 6 heteroatoms. The maximum absolute atomic E-state index is 12.0. The van der Waals surface area contributed by atoms with Crippen LogP contribution in [0.4, 0.5) is 13.2 Å². The molecule has 17 heavy (non-hydrogen) atoms. The van der Waals surface area contributed by atoms with Crippen molar-refractivity contribution in [2.24, 2.45) is 0 Å². The van der Waals surface area contributed by atoms with Gasteiger partial charge in [-0.15, -0.1) is 13.2 Å². The summed E-state index contributed by atoms with van der Waals surface area (Å²) in [5.74, 6) is -0.000741. The van der Waals surface area contributed by atoms with E-state index in [1.54, 1.807) is 20.8 Å². The summed E-state index contributed by atoms with van der Waals surface area (Å²) in [5.41, 5.74) is -0.501. The van der Waals surface area contributed by atoms with Crippen molar-refractivity contribution >= 4 is 15.9 Å². The fraction of sp³-hybridized carbons (Fsp3) is 0.455. The zero-order valence-electron chi connectivity index (χ0n) is 9.56. The summed E-state index contributed by atoms with van der Waals surface area (Å²) in [5, 5.41) is 0. The first-order valence-corrected chi connectivity index (χ1v) is 5.60. The summed E-state index contributed by atoms with van der Waals surface area (Å²) >= 11 is 3.20. The van der Waals surface area contributed by atoms with Gasteiger partial charge in [-0.3, -0.25) is 0 Å². The van der Waals surface area contributed by atoms with Crippen LogP contribution in [0.3, 0.4) is 0 Å². The lowest BCUT2D eigenvalue weighted by atomic mass is 10.2. The van der Waals surface area contributed by atoms with Gasteiger partial charge < -0.3 is 9.47 Å². The Morgan fingerprint density at radius 3 is 2.12 bits per heavy atom. The molecule has 1 aromatic rings. The van der Waals surface area contributed by atoms with Crippen molar-refractivity contribution in [1.82, 2.24) is 0 Å². The first kappa shape index (κ1) is 14.2. The Morgan fingerprint density at radius 1 is 1.06 bits per heavy atom. The van der Waals surface area contributed by atoms with Crippen LogP contribution in [0.25, 0.3) is 0 Å². The quantitative estimate of drug-likeness (QED) is 0.799. The van der Waals surface area contributed by atoms with Gasteiger partial charge in [-0.05, 0) is 48.8 Å². The Bertz CT molecular complexity index is 397. The predicted molar refractivity (Wildman–Crippen MR) is 61.2 cm³/mol. The van der Waals surface area contributed by atoms with Crippen LogP contribution in [0.5, 0.6) is 11.5 Å². The second-order valence-corrected chi connectivity index (χ2v) is 5.21. The monoisotopic (exact) mass is 312 g/mol. The summed E-state index contributed by atoms with van der Waals surface area (Å²) in [6.07, 6.45) is -4.70. The van der Waals surface area contributed by atoms with E-state index in [2.05, 4.69) is 20.7 Å². The van der Waals surface area contributed by atoms with Crippen LogP contribution in [-0.4, -0.2) is 12.0 Å². The number of hydrogen-bond acceptors (Lipinski definition) is 2. The molecule has 0 aliphatic rings. The highest BCUT2D eigenvalue weighted by molar-refractivity contribution is 9.10. The van der Waals surface area contributed by atoms with Gasteiger partial charge in [0.25, 0.3) is 0 Å². The molecule has 0 unspecified atom stereocenters. The summed E-state index contributed by atoms with van der Waals surface area (Å²) in [6.45, 7) is 5.41. The van der Waals surface area contributed by atoms with Crippen molar-refractivity contribution in [2.45, 2.75) is 32.7 Å². The van der Waals surface area contributed by atoms with Gasteiger partial charge in [-0.25, -0.2) is 0 Å². The van der Waals surface area contributed by atoms with Crippen LogP contribution in [0.15, 0.2) is 22.7 Å². The molecule has 96 valence electrons. The molecule has 0 saturated carbocycles. The zero-order chi connectivity index (χ0) is 13.3. The van der Waals surface area contributed by atoms with Gasteiger partial charge in [0.05, 0.1) is 4.47 Å². The van der Waals surface area contributed by atoms with E-state index in [4.69, 9.17) is 4.74 Å². The van der Waals surface area contributed by atoms with E-state index in [1.165, 1.54) is 18.2 Å². The lowest BCUT2D eigenvalue weighted by Crippen LogP contribution is -2.23. The summed E-state index contributed by atoms with van der Waals surface area (Å²) in [6, 6.07) is 3.86. The van der Waals surface area contributed by atoms with Crippen LogP contribution in [0.1, 0.15) is 20.8 Å². The van der Waals surface area contributed by atoms with Gasteiger partial charge in [0, 0.05) is 6.07 Å². The molecule has 0 heterocycles. The Balaban J connectivity index is 2.95. The molecule has 0 aromatic heterocycles. The fourth-order valence-corrected chi connectivity index (χ4v) is 1.42. The Hall–Kier alpha value is -0.910. The number of ether oxygens (including phenoxy) is 2. The number of hydrogen-bond donors (Lipinski definition) is 0. The van der Waals surface area contributed by atoms with Gasteiger partial charge in [0.2, 0.25) is 0 Å². The first-order chi connectivity index (χ1) is 7.57. The minimum Gasteiger partial charge on any atom is -0.487 e. The number of alkyl halides is 3. The maximum Gasteiger partial charge on any atom is 0.573 e. The molecule has 0 aliphatic heterocycles. The normalized spacial score (nSPS) is 12.4. The molecule has 1 aromatic carbocycles. The highest BCUT2D eigenvalue weighted by Crippen LogP contribution is 2.33. The van der Waals surface area contributed by atoms with E-state index < -0.39 is 12.0 Å². The average molecular weight is 313 g/mol. The van der Waals surface area contributed by atoms with Gasteiger partial charge in [-0.2, -0.15) is 0 Å². The fourth-order valence-electron chi connectivity index (χ4n) is 1.09. The first-order valence-electron chi connectivity index (χ1n) is 4.81. The van der Waals surface area contributed by atoms with Crippen molar-refractivity contribution < 1.29 is 22.6 Å². The standard InChI is InChI=1S/C11H12BrF3O2/c1-10(2,3)17-9-6-7(4-5-8(9)12)16-11(13,14)15/h4-6H,1-3H3. The van der Waals surface area contributed by atoms with Crippen LogP contribution in [-0.2, 0) is 0 Å². The topological polar surface area (TPSA) is 18.5 Å².